The lowest BCUT2D eigenvalue weighted by molar-refractivity contribution is -0.138. The second-order valence-electron chi connectivity index (χ2n) is 5.99. The standard InChI is InChI=1S/C15H19F3N2O4S/c1-9-8-20(6-5-13(9)19)25(22,23)10-3-4-11(14(21)24-2)12(7-10)15(16,17)18/h3-4,7,9,13H,5-6,8,19H2,1-2H3. The van der Waals surface area contributed by atoms with E-state index in [-0.39, 0.29) is 25.0 Å². The van der Waals surface area contributed by atoms with Gasteiger partial charge >= 0.3 is 12.1 Å². The predicted octanol–water partition coefficient (Wildman–Crippen LogP) is 1.85. The molecule has 0 saturated carbocycles. The molecule has 10 heteroatoms. The van der Waals surface area contributed by atoms with E-state index in [1.165, 1.54) is 0 Å². The number of alkyl halides is 3. The molecule has 1 aliphatic heterocycles. The number of ether oxygens (including phenoxy) is 1. The first-order valence-corrected chi connectivity index (χ1v) is 8.97. The van der Waals surface area contributed by atoms with E-state index in [9.17, 15) is 26.4 Å². The number of piperidine rings is 1. The number of carbonyl (C=O) groups excluding carboxylic acids is 1. The number of sulfonamides is 1. The van der Waals surface area contributed by atoms with Gasteiger partial charge in [-0.3, -0.25) is 0 Å². The molecule has 0 amide bonds. The molecule has 2 unspecified atom stereocenters. The van der Waals surface area contributed by atoms with Crippen LogP contribution in [0.4, 0.5) is 13.2 Å². The summed E-state index contributed by atoms with van der Waals surface area (Å²) in [5, 5.41) is 0. The molecule has 0 radical (unpaired) electrons. The molecule has 1 aliphatic rings. The van der Waals surface area contributed by atoms with Crippen LogP contribution >= 0.6 is 0 Å². The zero-order valence-electron chi connectivity index (χ0n) is 13.7. The van der Waals surface area contributed by atoms with Crippen molar-refractivity contribution in [1.29, 1.82) is 0 Å². The molecule has 0 aromatic heterocycles. The number of hydrogen-bond acceptors (Lipinski definition) is 5. The van der Waals surface area contributed by atoms with E-state index in [0.717, 1.165) is 23.5 Å². The van der Waals surface area contributed by atoms with Crippen LogP contribution in [-0.4, -0.2) is 44.9 Å². The monoisotopic (exact) mass is 380 g/mol. The van der Waals surface area contributed by atoms with Gasteiger partial charge in [-0.25, -0.2) is 13.2 Å². The molecule has 1 fully saturated rings. The highest BCUT2D eigenvalue weighted by molar-refractivity contribution is 7.89. The van der Waals surface area contributed by atoms with Crippen LogP contribution in [0.2, 0.25) is 0 Å². The first-order chi connectivity index (χ1) is 11.5. The van der Waals surface area contributed by atoms with Crippen molar-refractivity contribution < 1.29 is 31.1 Å². The van der Waals surface area contributed by atoms with Crippen LogP contribution in [0.5, 0.6) is 0 Å². The van der Waals surface area contributed by atoms with Crippen LogP contribution in [0.25, 0.3) is 0 Å². The second-order valence-corrected chi connectivity index (χ2v) is 7.93. The summed E-state index contributed by atoms with van der Waals surface area (Å²) in [5.74, 6) is -1.30. The molecule has 0 aliphatic carbocycles. The van der Waals surface area contributed by atoms with E-state index in [2.05, 4.69) is 4.74 Å². The maximum atomic E-state index is 13.2. The van der Waals surface area contributed by atoms with Crippen molar-refractivity contribution in [3.8, 4) is 0 Å². The zero-order chi connectivity index (χ0) is 19.0. The van der Waals surface area contributed by atoms with Crippen LogP contribution in [0.1, 0.15) is 29.3 Å². The Bertz CT molecular complexity index is 765. The van der Waals surface area contributed by atoms with Gasteiger partial charge in [0.2, 0.25) is 10.0 Å². The molecule has 0 spiro atoms. The molecular weight excluding hydrogens is 361 g/mol. The van der Waals surface area contributed by atoms with Gasteiger partial charge in [0.1, 0.15) is 0 Å². The molecule has 2 rings (SSSR count). The molecule has 1 heterocycles. The molecule has 140 valence electrons. The summed E-state index contributed by atoms with van der Waals surface area (Å²) in [6, 6.07) is 2.12. The highest BCUT2D eigenvalue weighted by atomic mass is 32.2. The van der Waals surface area contributed by atoms with Gasteiger partial charge in [0.15, 0.2) is 0 Å². The first-order valence-electron chi connectivity index (χ1n) is 7.53. The number of rotatable bonds is 3. The van der Waals surface area contributed by atoms with Crippen LogP contribution in [0, 0.1) is 5.92 Å². The third-order valence-electron chi connectivity index (χ3n) is 4.27. The lowest BCUT2D eigenvalue weighted by Gasteiger charge is -2.34. The summed E-state index contributed by atoms with van der Waals surface area (Å²) in [4.78, 5) is 11.0. The maximum Gasteiger partial charge on any atom is 0.417 e. The minimum absolute atomic E-state index is 0.111. The summed E-state index contributed by atoms with van der Waals surface area (Å²) >= 11 is 0. The summed E-state index contributed by atoms with van der Waals surface area (Å²) in [6.45, 7) is 2.05. The first kappa shape index (κ1) is 19.7. The van der Waals surface area contributed by atoms with Crippen LogP contribution in [0.3, 0.4) is 0 Å². The van der Waals surface area contributed by atoms with E-state index in [0.29, 0.717) is 12.5 Å². The largest absolute Gasteiger partial charge is 0.465 e. The molecule has 0 bridgehead atoms. The van der Waals surface area contributed by atoms with Crippen molar-refractivity contribution in [1.82, 2.24) is 4.31 Å². The average molecular weight is 380 g/mol. The summed E-state index contributed by atoms with van der Waals surface area (Å²) in [5.41, 5.74) is 3.77. The number of methoxy groups -OCH3 is 1. The van der Waals surface area contributed by atoms with Gasteiger partial charge in [-0.1, -0.05) is 6.92 Å². The van der Waals surface area contributed by atoms with Crippen molar-refractivity contribution in [2.45, 2.75) is 30.5 Å². The Hall–Kier alpha value is -1.65. The van der Waals surface area contributed by atoms with Crippen LogP contribution < -0.4 is 5.73 Å². The molecule has 1 saturated heterocycles. The number of nitrogens with zero attached hydrogens (tertiary/aromatic N) is 1. The van der Waals surface area contributed by atoms with Crippen molar-refractivity contribution in [2.24, 2.45) is 11.7 Å². The van der Waals surface area contributed by atoms with Crippen LogP contribution in [-0.2, 0) is 20.9 Å². The third kappa shape index (κ3) is 3.96. The molecule has 2 N–H and O–H groups in total. The number of nitrogens with two attached hydrogens (primary N) is 1. The van der Waals surface area contributed by atoms with Gasteiger partial charge in [-0.15, -0.1) is 0 Å². The molecule has 1 aromatic carbocycles. The number of esters is 1. The van der Waals surface area contributed by atoms with Crippen LogP contribution in [0.15, 0.2) is 23.1 Å². The summed E-state index contributed by atoms with van der Waals surface area (Å²) < 4.78 is 70.5. The topological polar surface area (TPSA) is 89.7 Å². The Morgan fingerprint density at radius 2 is 2.00 bits per heavy atom. The number of carbonyl (C=O) groups is 1. The Kier molecular flexibility index (Phi) is 5.45. The van der Waals surface area contributed by atoms with E-state index in [1.54, 1.807) is 6.92 Å². The minimum Gasteiger partial charge on any atom is -0.465 e. The van der Waals surface area contributed by atoms with E-state index in [1.807, 2.05) is 0 Å². The Morgan fingerprint density at radius 3 is 2.52 bits per heavy atom. The average Bonchev–Trinajstić information content (AvgIpc) is 2.55. The van der Waals surface area contributed by atoms with Crippen molar-refractivity contribution in [2.75, 3.05) is 20.2 Å². The normalized spacial score (nSPS) is 22.6. The Morgan fingerprint density at radius 1 is 1.36 bits per heavy atom. The molecular formula is C15H19F3N2O4S. The number of hydrogen-bond donors (Lipinski definition) is 1. The van der Waals surface area contributed by atoms with Gasteiger partial charge in [-0.2, -0.15) is 17.5 Å². The van der Waals surface area contributed by atoms with E-state index in [4.69, 9.17) is 5.73 Å². The van der Waals surface area contributed by atoms with Gasteiger partial charge in [0, 0.05) is 19.1 Å². The molecule has 2 atom stereocenters. The Labute approximate surface area is 143 Å². The predicted molar refractivity (Wildman–Crippen MR) is 83.3 cm³/mol. The smallest absolute Gasteiger partial charge is 0.417 e. The lowest BCUT2D eigenvalue weighted by Crippen LogP contribution is -2.48. The van der Waals surface area contributed by atoms with E-state index >= 15 is 0 Å². The fourth-order valence-corrected chi connectivity index (χ4v) is 4.28. The fraction of sp³-hybridized carbons (Fsp3) is 0.533. The highest BCUT2D eigenvalue weighted by Gasteiger charge is 2.38. The SMILES string of the molecule is COC(=O)c1ccc(S(=O)(=O)N2CCC(N)C(C)C2)cc1C(F)(F)F. The number of halogens is 3. The highest BCUT2D eigenvalue weighted by Crippen LogP contribution is 2.35. The molecule has 6 nitrogen and oxygen atoms in total. The quantitative estimate of drug-likeness (QED) is 0.809. The van der Waals surface area contributed by atoms with Gasteiger partial charge < -0.3 is 10.5 Å². The van der Waals surface area contributed by atoms with Gasteiger partial charge in [0.25, 0.3) is 0 Å². The second kappa shape index (κ2) is 6.93. The zero-order valence-corrected chi connectivity index (χ0v) is 14.5. The third-order valence-corrected chi connectivity index (χ3v) is 6.14. The van der Waals surface area contributed by atoms with Crippen molar-refractivity contribution in [3.05, 3.63) is 29.3 Å². The molecule has 1 aromatic rings. The van der Waals surface area contributed by atoms with E-state index < -0.39 is 38.2 Å². The van der Waals surface area contributed by atoms with Gasteiger partial charge in [-0.05, 0) is 30.5 Å². The van der Waals surface area contributed by atoms with Crippen molar-refractivity contribution in [3.63, 3.8) is 0 Å². The molecule has 25 heavy (non-hydrogen) atoms. The Balaban J connectivity index is 2.47. The summed E-state index contributed by atoms with van der Waals surface area (Å²) in [6.07, 6.45) is -4.47. The lowest BCUT2D eigenvalue weighted by atomic mass is 9.96. The summed E-state index contributed by atoms with van der Waals surface area (Å²) in [7, 11) is -3.17. The number of benzene rings is 1. The van der Waals surface area contributed by atoms with Crippen molar-refractivity contribution >= 4 is 16.0 Å². The minimum atomic E-state index is -4.90. The van der Waals surface area contributed by atoms with Gasteiger partial charge in [0.05, 0.1) is 23.1 Å². The fourth-order valence-electron chi connectivity index (χ4n) is 2.70. The maximum absolute atomic E-state index is 13.2.